The number of halogens is 1. The number of rotatable bonds is 2. The molecule has 0 amide bonds. The SMILES string of the molecule is C=CCC1(Cl)N=CC=CN1. The number of nitrogens with one attached hydrogen (secondary N) is 1. The van der Waals surface area contributed by atoms with Crippen molar-refractivity contribution in [2.24, 2.45) is 4.99 Å². The molecule has 3 heteroatoms. The molecular formula is C7H9ClN2. The molecule has 1 aliphatic heterocycles. The van der Waals surface area contributed by atoms with Crippen LogP contribution in [0, 0.1) is 0 Å². The molecule has 0 aromatic heterocycles. The van der Waals surface area contributed by atoms with E-state index in [9.17, 15) is 0 Å². The summed E-state index contributed by atoms with van der Waals surface area (Å²) in [5.41, 5.74) is 0. The molecule has 1 heterocycles. The van der Waals surface area contributed by atoms with Crippen LogP contribution in [0.15, 0.2) is 29.9 Å². The Balaban J connectivity index is 2.60. The van der Waals surface area contributed by atoms with Gasteiger partial charge in [-0.15, -0.1) is 6.58 Å². The standard InChI is InChI=1S/C7H9ClN2/c1-2-4-7(8)9-5-3-6-10-7/h2-3,5-6,9H,1,4H2. The molecule has 54 valence electrons. The van der Waals surface area contributed by atoms with E-state index in [1.54, 1.807) is 24.6 Å². The van der Waals surface area contributed by atoms with Gasteiger partial charge in [0.2, 0.25) is 5.12 Å². The lowest BCUT2D eigenvalue weighted by Gasteiger charge is -2.22. The van der Waals surface area contributed by atoms with E-state index >= 15 is 0 Å². The Labute approximate surface area is 65.3 Å². The van der Waals surface area contributed by atoms with Crippen molar-refractivity contribution in [1.29, 1.82) is 0 Å². The van der Waals surface area contributed by atoms with E-state index in [1.807, 2.05) is 0 Å². The molecule has 0 aromatic carbocycles. The Morgan fingerprint density at radius 2 is 2.60 bits per heavy atom. The summed E-state index contributed by atoms with van der Waals surface area (Å²) in [6.07, 6.45) is 7.59. The molecule has 0 spiro atoms. The highest BCUT2D eigenvalue weighted by atomic mass is 35.5. The zero-order valence-electron chi connectivity index (χ0n) is 5.55. The summed E-state index contributed by atoms with van der Waals surface area (Å²) < 4.78 is 0. The Hall–Kier alpha value is -0.760. The second-order valence-electron chi connectivity index (χ2n) is 2.03. The summed E-state index contributed by atoms with van der Waals surface area (Å²) in [6.45, 7) is 3.58. The normalized spacial score (nSPS) is 29.7. The maximum absolute atomic E-state index is 5.94. The minimum absolute atomic E-state index is 0.620. The molecule has 1 rings (SSSR count). The predicted molar refractivity (Wildman–Crippen MR) is 44.2 cm³/mol. The molecule has 0 bridgehead atoms. The highest BCUT2D eigenvalue weighted by Gasteiger charge is 2.22. The van der Waals surface area contributed by atoms with E-state index in [0.717, 1.165) is 0 Å². The summed E-state index contributed by atoms with van der Waals surface area (Å²) >= 11 is 5.94. The van der Waals surface area contributed by atoms with Crippen LogP contribution in [0.1, 0.15) is 6.42 Å². The van der Waals surface area contributed by atoms with Gasteiger partial charge in [-0.2, -0.15) is 0 Å². The van der Waals surface area contributed by atoms with Crippen LogP contribution in [0.3, 0.4) is 0 Å². The highest BCUT2D eigenvalue weighted by Crippen LogP contribution is 2.19. The van der Waals surface area contributed by atoms with E-state index < -0.39 is 5.12 Å². The van der Waals surface area contributed by atoms with Gasteiger partial charge in [-0.25, -0.2) is 4.99 Å². The van der Waals surface area contributed by atoms with Crippen LogP contribution in [0.25, 0.3) is 0 Å². The Morgan fingerprint density at radius 1 is 1.80 bits per heavy atom. The first-order valence-electron chi connectivity index (χ1n) is 3.05. The zero-order chi connectivity index (χ0) is 7.45. The Kier molecular flexibility index (Phi) is 2.12. The molecule has 0 radical (unpaired) electrons. The Morgan fingerprint density at radius 3 is 3.10 bits per heavy atom. The number of alkyl halides is 1. The quantitative estimate of drug-likeness (QED) is 0.367. The lowest BCUT2D eigenvalue weighted by Crippen LogP contribution is -2.35. The van der Waals surface area contributed by atoms with E-state index in [0.29, 0.717) is 6.42 Å². The van der Waals surface area contributed by atoms with Crippen molar-refractivity contribution in [2.45, 2.75) is 11.5 Å². The monoisotopic (exact) mass is 156 g/mol. The summed E-state index contributed by atoms with van der Waals surface area (Å²) in [5, 5.41) is 2.23. The van der Waals surface area contributed by atoms with Gasteiger partial charge in [0.05, 0.1) is 0 Å². The second-order valence-corrected chi connectivity index (χ2v) is 2.66. The van der Waals surface area contributed by atoms with Crippen LogP contribution in [-0.2, 0) is 0 Å². The van der Waals surface area contributed by atoms with Crippen molar-refractivity contribution in [2.75, 3.05) is 0 Å². The molecule has 1 atom stereocenters. The fraction of sp³-hybridized carbons (Fsp3) is 0.286. The van der Waals surface area contributed by atoms with Gasteiger partial charge in [0.25, 0.3) is 0 Å². The highest BCUT2D eigenvalue weighted by molar-refractivity contribution is 6.24. The predicted octanol–water partition coefficient (Wildman–Crippen LogP) is 1.64. The van der Waals surface area contributed by atoms with Gasteiger partial charge < -0.3 is 5.32 Å². The van der Waals surface area contributed by atoms with E-state index in [1.165, 1.54) is 0 Å². The molecule has 10 heavy (non-hydrogen) atoms. The molecule has 0 aromatic rings. The average Bonchev–Trinajstić information content (AvgIpc) is 1.89. The van der Waals surface area contributed by atoms with Crippen molar-refractivity contribution < 1.29 is 0 Å². The number of hydrogen-bond acceptors (Lipinski definition) is 2. The summed E-state index contributed by atoms with van der Waals surface area (Å²) in [6, 6.07) is 0. The minimum Gasteiger partial charge on any atom is -0.355 e. The fourth-order valence-corrected chi connectivity index (χ4v) is 0.949. The number of nitrogens with zero attached hydrogens (tertiary/aromatic N) is 1. The van der Waals surface area contributed by atoms with Gasteiger partial charge in [0.15, 0.2) is 0 Å². The molecule has 1 N–H and O–H groups in total. The lowest BCUT2D eigenvalue weighted by molar-refractivity contribution is 0.548. The van der Waals surface area contributed by atoms with Crippen LogP contribution < -0.4 is 5.32 Å². The molecule has 0 fully saturated rings. The third-order valence-electron chi connectivity index (χ3n) is 1.18. The molecular weight excluding hydrogens is 148 g/mol. The number of aliphatic imine (C=N–C) groups is 1. The van der Waals surface area contributed by atoms with Gasteiger partial charge in [-0.05, 0) is 6.08 Å². The van der Waals surface area contributed by atoms with E-state index in [4.69, 9.17) is 11.6 Å². The summed E-state index contributed by atoms with van der Waals surface area (Å²) in [7, 11) is 0. The largest absolute Gasteiger partial charge is 0.355 e. The fourth-order valence-electron chi connectivity index (χ4n) is 0.720. The molecule has 0 saturated carbocycles. The topological polar surface area (TPSA) is 24.4 Å². The maximum Gasteiger partial charge on any atom is 0.208 e. The molecule has 0 saturated heterocycles. The van der Waals surface area contributed by atoms with Gasteiger partial charge >= 0.3 is 0 Å². The van der Waals surface area contributed by atoms with Gasteiger partial charge in [-0.3, -0.25) is 0 Å². The maximum atomic E-state index is 5.94. The van der Waals surface area contributed by atoms with E-state index in [-0.39, 0.29) is 0 Å². The molecule has 1 aliphatic rings. The van der Waals surface area contributed by atoms with Crippen molar-refractivity contribution in [3.05, 3.63) is 24.9 Å². The third kappa shape index (κ3) is 1.61. The first-order valence-corrected chi connectivity index (χ1v) is 3.42. The number of allylic oxidation sites excluding steroid dienone is 1. The zero-order valence-corrected chi connectivity index (χ0v) is 6.30. The van der Waals surface area contributed by atoms with Gasteiger partial charge in [-0.1, -0.05) is 17.7 Å². The van der Waals surface area contributed by atoms with Crippen LogP contribution in [0.2, 0.25) is 0 Å². The van der Waals surface area contributed by atoms with Crippen molar-refractivity contribution >= 4 is 17.8 Å². The first kappa shape index (κ1) is 7.35. The van der Waals surface area contributed by atoms with Crippen molar-refractivity contribution in [3.63, 3.8) is 0 Å². The van der Waals surface area contributed by atoms with Crippen LogP contribution in [0.5, 0.6) is 0 Å². The van der Waals surface area contributed by atoms with Gasteiger partial charge in [0.1, 0.15) is 0 Å². The van der Waals surface area contributed by atoms with Crippen LogP contribution in [-0.4, -0.2) is 11.3 Å². The molecule has 0 aliphatic carbocycles. The second kappa shape index (κ2) is 2.88. The molecule has 2 nitrogen and oxygen atoms in total. The number of hydrogen-bond donors (Lipinski definition) is 1. The summed E-state index contributed by atoms with van der Waals surface area (Å²) in [5.74, 6) is 0. The third-order valence-corrected chi connectivity index (χ3v) is 1.54. The lowest BCUT2D eigenvalue weighted by atomic mass is 10.3. The minimum atomic E-state index is -0.684. The van der Waals surface area contributed by atoms with Crippen LogP contribution >= 0.6 is 11.6 Å². The smallest absolute Gasteiger partial charge is 0.208 e. The summed E-state index contributed by atoms with van der Waals surface area (Å²) in [4.78, 5) is 4.02. The van der Waals surface area contributed by atoms with Gasteiger partial charge in [0, 0.05) is 18.8 Å². The van der Waals surface area contributed by atoms with Crippen LogP contribution in [0.4, 0.5) is 0 Å². The Bertz CT molecular complexity index is 182. The molecule has 1 unspecified atom stereocenters. The van der Waals surface area contributed by atoms with E-state index in [2.05, 4.69) is 16.9 Å². The van der Waals surface area contributed by atoms with Crippen molar-refractivity contribution in [1.82, 2.24) is 5.32 Å². The van der Waals surface area contributed by atoms with Crippen molar-refractivity contribution in [3.8, 4) is 0 Å². The average molecular weight is 157 g/mol. The first-order chi connectivity index (χ1) is 4.77.